The van der Waals surface area contributed by atoms with Crippen molar-refractivity contribution in [1.82, 2.24) is 15.0 Å². The number of amides is 1. The number of aryl methyl sites for hydroxylation is 2. The van der Waals surface area contributed by atoms with E-state index in [1.807, 2.05) is 12.3 Å². The number of rotatable bonds is 5. The van der Waals surface area contributed by atoms with E-state index in [1.165, 1.54) is 24.5 Å². The normalized spacial score (nSPS) is 11.5. The first kappa shape index (κ1) is 17.6. The fourth-order valence-electron chi connectivity index (χ4n) is 2.09. The van der Waals surface area contributed by atoms with Crippen LogP contribution in [0.3, 0.4) is 0 Å². The first-order valence-corrected chi connectivity index (χ1v) is 9.35. The van der Waals surface area contributed by atoms with E-state index in [4.69, 9.17) is 0 Å². The van der Waals surface area contributed by atoms with Crippen molar-refractivity contribution in [2.45, 2.75) is 32.2 Å². The first-order chi connectivity index (χ1) is 10.7. The minimum atomic E-state index is -3.61. The standard InChI is InChI=1S/C15H19N3O3S2/c1-9-5-12(6-13(11(9)3)23(20,21)16-4)15(19)17-7-14-18-10(2)8-22-14/h5-6,8,16H,7H2,1-4H3,(H,17,19). The summed E-state index contributed by atoms with van der Waals surface area (Å²) in [6, 6.07) is 3.09. The fourth-order valence-corrected chi connectivity index (χ4v) is 3.87. The van der Waals surface area contributed by atoms with E-state index in [2.05, 4.69) is 15.0 Å². The SMILES string of the molecule is CNS(=O)(=O)c1cc(C(=O)NCc2nc(C)cs2)cc(C)c1C. The van der Waals surface area contributed by atoms with Crippen LogP contribution in [0.5, 0.6) is 0 Å². The predicted octanol–water partition coefficient (Wildman–Crippen LogP) is 1.91. The molecule has 0 aliphatic carbocycles. The molecule has 8 heteroatoms. The molecule has 2 N–H and O–H groups in total. The molecule has 124 valence electrons. The van der Waals surface area contributed by atoms with Crippen LogP contribution in [0.1, 0.15) is 32.2 Å². The number of nitrogens with zero attached hydrogens (tertiary/aromatic N) is 1. The van der Waals surface area contributed by atoms with E-state index in [0.29, 0.717) is 17.7 Å². The van der Waals surface area contributed by atoms with Crippen LogP contribution in [-0.2, 0) is 16.6 Å². The van der Waals surface area contributed by atoms with Crippen LogP contribution in [0.25, 0.3) is 0 Å². The summed E-state index contributed by atoms with van der Waals surface area (Å²) in [7, 11) is -2.26. The fraction of sp³-hybridized carbons (Fsp3) is 0.333. The second-order valence-electron chi connectivity index (χ2n) is 5.19. The third kappa shape index (κ3) is 3.95. The van der Waals surface area contributed by atoms with Crippen LogP contribution >= 0.6 is 11.3 Å². The summed E-state index contributed by atoms with van der Waals surface area (Å²) < 4.78 is 26.4. The minimum absolute atomic E-state index is 0.121. The molecule has 1 heterocycles. The number of sulfonamides is 1. The summed E-state index contributed by atoms with van der Waals surface area (Å²) in [5, 5.41) is 5.49. The number of hydrogen-bond donors (Lipinski definition) is 2. The Bertz CT molecular complexity index is 842. The Morgan fingerprint density at radius 3 is 2.52 bits per heavy atom. The Kier molecular flexibility index (Phi) is 5.18. The molecular formula is C15H19N3O3S2. The van der Waals surface area contributed by atoms with Gasteiger partial charge in [-0.1, -0.05) is 0 Å². The van der Waals surface area contributed by atoms with Gasteiger partial charge >= 0.3 is 0 Å². The van der Waals surface area contributed by atoms with Crippen molar-refractivity contribution in [2.24, 2.45) is 0 Å². The molecule has 0 fully saturated rings. The van der Waals surface area contributed by atoms with Crippen molar-refractivity contribution in [2.75, 3.05) is 7.05 Å². The van der Waals surface area contributed by atoms with Gasteiger partial charge in [0.1, 0.15) is 5.01 Å². The van der Waals surface area contributed by atoms with Gasteiger partial charge in [0.25, 0.3) is 5.91 Å². The first-order valence-electron chi connectivity index (χ1n) is 6.98. The number of carbonyl (C=O) groups is 1. The van der Waals surface area contributed by atoms with E-state index in [0.717, 1.165) is 16.3 Å². The average molecular weight is 353 g/mol. The van der Waals surface area contributed by atoms with Crippen LogP contribution < -0.4 is 10.0 Å². The molecule has 0 saturated heterocycles. The Morgan fingerprint density at radius 1 is 1.26 bits per heavy atom. The number of thiazole rings is 1. The minimum Gasteiger partial charge on any atom is -0.346 e. The molecule has 1 aromatic heterocycles. The third-order valence-corrected chi connectivity index (χ3v) is 6.01. The lowest BCUT2D eigenvalue weighted by Gasteiger charge is -2.12. The molecule has 6 nitrogen and oxygen atoms in total. The number of hydrogen-bond acceptors (Lipinski definition) is 5. The van der Waals surface area contributed by atoms with Crippen molar-refractivity contribution in [3.05, 3.63) is 44.9 Å². The van der Waals surface area contributed by atoms with Crippen molar-refractivity contribution in [3.8, 4) is 0 Å². The maximum Gasteiger partial charge on any atom is 0.251 e. The van der Waals surface area contributed by atoms with Crippen molar-refractivity contribution < 1.29 is 13.2 Å². The quantitative estimate of drug-likeness (QED) is 0.859. The van der Waals surface area contributed by atoms with E-state index < -0.39 is 10.0 Å². The molecule has 1 aromatic carbocycles. The van der Waals surface area contributed by atoms with Gasteiger partial charge in [-0.25, -0.2) is 18.1 Å². The topological polar surface area (TPSA) is 88.2 Å². The highest BCUT2D eigenvalue weighted by atomic mass is 32.2. The molecular weight excluding hydrogens is 334 g/mol. The zero-order valence-electron chi connectivity index (χ0n) is 13.4. The monoisotopic (exact) mass is 353 g/mol. The smallest absolute Gasteiger partial charge is 0.251 e. The van der Waals surface area contributed by atoms with E-state index >= 15 is 0 Å². The lowest BCUT2D eigenvalue weighted by molar-refractivity contribution is 0.0950. The number of nitrogens with one attached hydrogen (secondary N) is 2. The van der Waals surface area contributed by atoms with Crippen LogP contribution in [0.2, 0.25) is 0 Å². The zero-order chi connectivity index (χ0) is 17.2. The molecule has 0 bridgehead atoms. The van der Waals surface area contributed by atoms with Gasteiger partial charge in [0.2, 0.25) is 10.0 Å². The third-order valence-electron chi connectivity index (χ3n) is 3.51. The van der Waals surface area contributed by atoms with Gasteiger partial charge < -0.3 is 5.32 Å². The maximum absolute atomic E-state index is 12.3. The zero-order valence-corrected chi connectivity index (χ0v) is 15.1. The van der Waals surface area contributed by atoms with Gasteiger partial charge in [-0.15, -0.1) is 11.3 Å². The van der Waals surface area contributed by atoms with Gasteiger partial charge in [-0.05, 0) is 51.1 Å². The highest BCUT2D eigenvalue weighted by Gasteiger charge is 2.19. The van der Waals surface area contributed by atoms with Gasteiger partial charge in [0.05, 0.1) is 11.4 Å². The van der Waals surface area contributed by atoms with Crippen LogP contribution in [0, 0.1) is 20.8 Å². The molecule has 0 saturated carbocycles. The highest BCUT2D eigenvalue weighted by molar-refractivity contribution is 7.89. The number of carbonyl (C=O) groups excluding carboxylic acids is 1. The summed E-state index contributed by atoms with van der Waals surface area (Å²) in [6.45, 7) is 5.71. The highest BCUT2D eigenvalue weighted by Crippen LogP contribution is 2.21. The van der Waals surface area contributed by atoms with Crippen molar-refractivity contribution >= 4 is 27.3 Å². The molecule has 2 aromatic rings. The summed E-state index contributed by atoms with van der Waals surface area (Å²) >= 11 is 1.47. The van der Waals surface area contributed by atoms with Crippen LogP contribution in [-0.4, -0.2) is 26.4 Å². The Morgan fingerprint density at radius 2 is 1.96 bits per heavy atom. The van der Waals surface area contributed by atoms with E-state index in [9.17, 15) is 13.2 Å². The molecule has 2 rings (SSSR count). The molecule has 0 unspecified atom stereocenters. The number of aromatic nitrogens is 1. The molecule has 0 atom stereocenters. The molecule has 0 aliphatic rings. The Hall–Kier alpha value is -1.77. The van der Waals surface area contributed by atoms with Gasteiger partial charge in [0, 0.05) is 16.6 Å². The maximum atomic E-state index is 12.3. The largest absolute Gasteiger partial charge is 0.346 e. The summed E-state index contributed by atoms with van der Waals surface area (Å²) in [5.41, 5.74) is 2.60. The average Bonchev–Trinajstić information content (AvgIpc) is 2.92. The molecule has 1 amide bonds. The van der Waals surface area contributed by atoms with E-state index in [-0.39, 0.29) is 10.8 Å². The van der Waals surface area contributed by atoms with Crippen LogP contribution in [0.4, 0.5) is 0 Å². The molecule has 0 spiro atoms. The van der Waals surface area contributed by atoms with Crippen molar-refractivity contribution in [1.29, 1.82) is 0 Å². The second kappa shape index (κ2) is 6.77. The van der Waals surface area contributed by atoms with Crippen molar-refractivity contribution in [3.63, 3.8) is 0 Å². The van der Waals surface area contributed by atoms with Gasteiger partial charge in [-0.3, -0.25) is 4.79 Å². The lowest BCUT2D eigenvalue weighted by Crippen LogP contribution is -2.25. The van der Waals surface area contributed by atoms with Crippen LogP contribution in [0.15, 0.2) is 22.4 Å². The predicted molar refractivity (Wildman–Crippen MR) is 90.2 cm³/mol. The Labute approximate surface area is 140 Å². The second-order valence-corrected chi connectivity index (χ2v) is 7.99. The van der Waals surface area contributed by atoms with Gasteiger partial charge in [0.15, 0.2) is 0 Å². The summed E-state index contributed by atoms with van der Waals surface area (Å²) in [5.74, 6) is -0.325. The summed E-state index contributed by atoms with van der Waals surface area (Å²) in [4.78, 5) is 16.7. The Balaban J connectivity index is 2.27. The summed E-state index contributed by atoms with van der Waals surface area (Å²) in [6.07, 6.45) is 0. The van der Waals surface area contributed by atoms with E-state index in [1.54, 1.807) is 19.9 Å². The molecule has 0 radical (unpaired) electrons. The molecule has 0 aliphatic heterocycles. The van der Waals surface area contributed by atoms with Gasteiger partial charge in [-0.2, -0.15) is 0 Å². The lowest BCUT2D eigenvalue weighted by atomic mass is 10.1. The molecule has 23 heavy (non-hydrogen) atoms. The number of benzene rings is 1.